The molecule has 0 aliphatic carbocycles. The molecular weight excluding hydrogens is 242 g/mol. The Kier molecular flexibility index (Phi) is 7.29. The van der Waals surface area contributed by atoms with Crippen molar-refractivity contribution < 1.29 is 5.11 Å². The van der Waals surface area contributed by atoms with Gasteiger partial charge in [-0.3, -0.25) is 10.4 Å². The first-order valence-electron chi connectivity index (χ1n) is 4.79. The number of nitrogens with two attached hydrogens (primary N) is 2. The third-order valence-electron chi connectivity index (χ3n) is 1.81. The van der Waals surface area contributed by atoms with E-state index in [1.165, 1.54) is 6.34 Å². The van der Waals surface area contributed by atoms with Crippen LogP contribution in [-0.4, -0.2) is 23.9 Å². The molecule has 0 radical (unpaired) electrons. The molecule has 0 saturated heterocycles. The third-order valence-corrected chi connectivity index (χ3v) is 1.81. The van der Waals surface area contributed by atoms with Gasteiger partial charge < -0.3 is 16.6 Å². The quantitative estimate of drug-likeness (QED) is 0.342. The zero-order valence-electron chi connectivity index (χ0n) is 9.21. The molecule has 1 aromatic rings. The predicted octanol–water partition coefficient (Wildman–Crippen LogP) is 0.163. The van der Waals surface area contributed by atoms with Crippen LogP contribution in [0.2, 0.25) is 0 Å². The van der Waals surface area contributed by atoms with Gasteiger partial charge in [0.15, 0.2) is 0 Å². The number of phenols is 1. The number of halogens is 1. The Hall–Kier alpha value is -1.95. The highest BCUT2D eigenvalue weighted by Crippen LogP contribution is 2.09. The molecule has 0 amide bonds. The van der Waals surface area contributed by atoms with Gasteiger partial charge in [-0.1, -0.05) is 12.1 Å². The third kappa shape index (κ3) is 7.02. The van der Waals surface area contributed by atoms with E-state index in [0.717, 1.165) is 12.0 Å². The van der Waals surface area contributed by atoms with Crippen LogP contribution in [0.5, 0.6) is 5.75 Å². The average molecular weight is 258 g/mol. The van der Waals surface area contributed by atoms with Crippen molar-refractivity contribution in [2.75, 3.05) is 6.54 Å². The Morgan fingerprint density at radius 3 is 2.53 bits per heavy atom. The highest BCUT2D eigenvalue weighted by atomic mass is 35.5. The van der Waals surface area contributed by atoms with E-state index in [4.69, 9.17) is 16.6 Å². The molecule has 17 heavy (non-hydrogen) atoms. The number of aromatic hydroxyl groups is 1. The van der Waals surface area contributed by atoms with Gasteiger partial charge in [0.1, 0.15) is 12.1 Å². The number of aliphatic imine (C=N–C) groups is 1. The summed E-state index contributed by atoms with van der Waals surface area (Å²) in [5, 5.41) is 12.6. The molecule has 0 atom stereocenters. The Morgan fingerprint density at radius 1 is 1.29 bits per heavy atom. The molecule has 0 aromatic heterocycles. The maximum atomic E-state index is 9.07. The second kappa shape index (κ2) is 8.23. The van der Waals surface area contributed by atoms with Crippen molar-refractivity contribution in [1.29, 1.82) is 0 Å². The molecule has 7 heteroatoms. The molecule has 1 aromatic carbocycles. The summed E-state index contributed by atoms with van der Waals surface area (Å²) in [6.07, 6.45) is 2.22. The van der Waals surface area contributed by atoms with Crippen molar-refractivity contribution in [3.05, 3.63) is 29.8 Å². The lowest BCUT2D eigenvalue weighted by molar-refractivity contribution is 0.475. The number of nitrogens with one attached hydrogen (secondary N) is 1. The van der Waals surface area contributed by atoms with Gasteiger partial charge in [-0.05, 0) is 24.1 Å². The molecule has 0 fully saturated rings. The summed E-state index contributed by atoms with van der Waals surface area (Å²) in [7, 11) is 0. The molecule has 0 aliphatic heterocycles. The zero-order valence-corrected chi connectivity index (χ0v) is 10.0. The van der Waals surface area contributed by atoms with Crippen LogP contribution in [0.15, 0.2) is 34.4 Å². The molecule has 94 valence electrons. The number of hydrazone groups is 1. The Bertz CT molecular complexity index is 373. The molecule has 0 heterocycles. The van der Waals surface area contributed by atoms with Gasteiger partial charge in [0, 0.05) is 6.54 Å². The van der Waals surface area contributed by atoms with Gasteiger partial charge in [-0.15, -0.1) is 17.5 Å². The van der Waals surface area contributed by atoms with Gasteiger partial charge in [0.25, 0.3) is 0 Å². The molecule has 0 unspecified atom stereocenters. The SMILES string of the molecule is Cl.NC(N)=NNC=NCCc1ccc(O)cc1. The Labute approximate surface area is 106 Å². The molecule has 1 rings (SSSR count). The molecule has 0 spiro atoms. The number of nitrogens with zero attached hydrogens (tertiary/aromatic N) is 2. The van der Waals surface area contributed by atoms with Crippen LogP contribution >= 0.6 is 12.4 Å². The zero-order chi connectivity index (χ0) is 11.8. The van der Waals surface area contributed by atoms with E-state index >= 15 is 0 Å². The largest absolute Gasteiger partial charge is 0.508 e. The number of guanidine groups is 1. The average Bonchev–Trinajstić information content (AvgIpc) is 2.25. The van der Waals surface area contributed by atoms with E-state index in [2.05, 4.69) is 15.5 Å². The normalized spacial score (nSPS) is 9.65. The Balaban J connectivity index is 0.00000256. The maximum absolute atomic E-state index is 9.07. The number of hydrogen-bond acceptors (Lipinski definition) is 3. The van der Waals surface area contributed by atoms with E-state index in [0.29, 0.717) is 6.54 Å². The maximum Gasteiger partial charge on any atom is 0.208 e. The molecule has 6 N–H and O–H groups in total. The molecule has 6 nitrogen and oxygen atoms in total. The lowest BCUT2D eigenvalue weighted by atomic mass is 10.1. The topological polar surface area (TPSA) is 109 Å². The van der Waals surface area contributed by atoms with Crippen molar-refractivity contribution in [1.82, 2.24) is 5.43 Å². The van der Waals surface area contributed by atoms with Crippen LogP contribution in [0.4, 0.5) is 0 Å². The van der Waals surface area contributed by atoms with E-state index in [1.807, 2.05) is 12.1 Å². The molecule has 0 bridgehead atoms. The van der Waals surface area contributed by atoms with Crippen molar-refractivity contribution >= 4 is 24.7 Å². The van der Waals surface area contributed by atoms with Crippen molar-refractivity contribution in [2.45, 2.75) is 6.42 Å². The number of phenolic OH excluding ortho intramolecular Hbond substituents is 1. The second-order valence-electron chi connectivity index (χ2n) is 3.12. The summed E-state index contributed by atoms with van der Waals surface area (Å²) >= 11 is 0. The minimum absolute atomic E-state index is 0. The van der Waals surface area contributed by atoms with Crippen molar-refractivity contribution in [2.24, 2.45) is 21.6 Å². The highest BCUT2D eigenvalue weighted by molar-refractivity contribution is 5.85. The van der Waals surface area contributed by atoms with Gasteiger partial charge in [-0.25, -0.2) is 0 Å². The van der Waals surface area contributed by atoms with Crippen LogP contribution in [0.3, 0.4) is 0 Å². The van der Waals surface area contributed by atoms with Gasteiger partial charge in [0.2, 0.25) is 5.96 Å². The summed E-state index contributed by atoms with van der Waals surface area (Å²) in [4.78, 5) is 4.04. The van der Waals surface area contributed by atoms with Gasteiger partial charge in [-0.2, -0.15) is 0 Å². The van der Waals surface area contributed by atoms with Gasteiger partial charge >= 0.3 is 0 Å². The highest BCUT2D eigenvalue weighted by Gasteiger charge is 1.91. The number of rotatable bonds is 5. The first kappa shape index (κ1) is 15.0. The minimum Gasteiger partial charge on any atom is -0.508 e. The van der Waals surface area contributed by atoms with E-state index < -0.39 is 0 Å². The minimum atomic E-state index is -0.0371. The van der Waals surface area contributed by atoms with Crippen LogP contribution in [0, 0.1) is 0 Å². The van der Waals surface area contributed by atoms with Gasteiger partial charge in [0.05, 0.1) is 0 Å². The molecule has 0 saturated carbocycles. The Morgan fingerprint density at radius 2 is 1.94 bits per heavy atom. The summed E-state index contributed by atoms with van der Waals surface area (Å²) in [6, 6.07) is 7.01. The predicted molar refractivity (Wildman–Crippen MR) is 71.4 cm³/mol. The first-order chi connectivity index (χ1) is 7.68. The monoisotopic (exact) mass is 257 g/mol. The summed E-state index contributed by atoms with van der Waals surface area (Å²) in [5.41, 5.74) is 13.8. The number of benzene rings is 1. The fourth-order valence-corrected chi connectivity index (χ4v) is 1.07. The summed E-state index contributed by atoms with van der Waals surface area (Å²) in [6.45, 7) is 0.623. The second-order valence-corrected chi connectivity index (χ2v) is 3.12. The summed E-state index contributed by atoms with van der Waals surface area (Å²) in [5.74, 6) is 0.228. The fraction of sp³-hybridized carbons (Fsp3) is 0.200. The van der Waals surface area contributed by atoms with Crippen molar-refractivity contribution in [3.63, 3.8) is 0 Å². The van der Waals surface area contributed by atoms with E-state index in [1.54, 1.807) is 12.1 Å². The lowest BCUT2D eigenvalue weighted by Crippen LogP contribution is -2.25. The smallest absolute Gasteiger partial charge is 0.208 e. The van der Waals surface area contributed by atoms with E-state index in [9.17, 15) is 0 Å². The van der Waals surface area contributed by atoms with Crippen LogP contribution in [-0.2, 0) is 6.42 Å². The lowest BCUT2D eigenvalue weighted by Gasteiger charge is -1.98. The van der Waals surface area contributed by atoms with Crippen LogP contribution < -0.4 is 16.9 Å². The van der Waals surface area contributed by atoms with E-state index in [-0.39, 0.29) is 24.1 Å². The first-order valence-corrected chi connectivity index (χ1v) is 4.79. The van der Waals surface area contributed by atoms with Crippen LogP contribution in [0.25, 0.3) is 0 Å². The number of hydrogen-bond donors (Lipinski definition) is 4. The summed E-state index contributed by atoms with van der Waals surface area (Å²) < 4.78 is 0. The fourth-order valence-electron chi connectivity index (χ4n) is 1.07. The molecule has 0 aliphatic rings. The standard InChI is InChI=1S/C10H15N5O.ClH/c11-10(12)15-14-7-13-6-5-8-1-3-9(16)4-2-8;/h1-4,7,16H,5-6H2,(H,13,14)(H4,11,12,15);1H. The molecular formula is C10H16ClN5O. The van der Waals surface area contributed by atoms with Crippen molar-refractivity contribution in [3.8, 4) is 5.75 Å². The van der Waals surface area contributed by atoms with Crippen LogP contribution in [0.1, 0.15) is 5.56 Å².